The number of hydrogen-bond acceptors (Lipinski definition) is 7. The Balaban J connectivity index is 4.22. The summed E-state index contributed by atoms with van der Waals surface area (Å²) in [5.41, 5.74) is 0.108. The van der Waals surface area contributed by atoms with Gasteiger partial charge < -0.3 is 5.11 Å². The van der Waals surface area contributed by atoms with E-state index < -0.39 is 0 Å². The van der Waals surface area contributed by atoms with Gasteiger partial charge in [0.15, 0.2) is 0 Å². The van der Waals surface area contributed by atoms with Crippen LogP contribution in [-0.2, 0) is 0 Å². The predicted molar refractivity (Wildman–Crippen MR) is 117 cm³/mol. The first-order valence-corrected chi connectivity index (χ1v) is 12.8. The van der Waals surface area contributed by atoms with Crippen LogP contribution in [0.4, 0.5) is 0 Å². The van der Waals surface area contributed by atoms with Crippen molar-refractivity contribution in [1.29, 1.82) is 0 Å². The molecule has 0 radical (unpaired) electrons. The van der Waals surface area contributed by atoms with Crippen molar-refractivity contribution in [3.05, 3.63) is 0 Å². The van der Waals surface area contributed by atoms with Crippen LogP contribution in [0.1, 0.15) is 19.3 Å². The Morgan fingerprint density at radius 1 is 0.619 bits per heavy atom. The highest BCUT2D eigenvalue weighted by atomic mass is 32.2. The minimum Gasteiger partial charge on any atom is -0.396 e. The fraction of sp³-hybridized carbons (Fsp3) is 1.00. The van der Waals surface area contributed by atoms with Crippen LogP contribution >= 0.6 is 73.2 Å². The molecule has 0 rings (SSSR count). The van der Waals surface area contributed by atoms with E-state index in [1.165, 1.54) is 0 Å². The largest absolute Gasteiger partial charge is 0.396 e. The molecule has 0 aromatic carbocycles. The van der Waals surface area contributed by atoms with Gasteiger partial charge in [-0.3, -0.25) is 0 Å². The predicted octanol–water partition coefficient (Wildman–Crippen LogP) is 4.12. The van der Waals surface area contributed by atoms with Gasteiger partial charge in [0.25, 0.3) is 0 Å². The van der Waals surface area contributed by atoms with Crippen LogP contribution in [0.25, 0.3) is 0 Å². The maximum atomic E-state index is 9.97. The highest BCUT2D eigenvalue weighted by Crippen LogP contribution is 2.34. The number of thiol groups is 3. The fourth-order valence-electron chi connectivity index (χ4n) is 1.98. The van der Waals surface area contributed by atoms with E-state index >= 15 is 0 Å². The molecule has 0 aliphatic carbocycles. The number of rotatable bonds is 16. The molecule has 0 aromatic heterocycles. The molecule has 0 spiro atoms. The van der Waals surface area contributed by atoms with Crippen LogP contribution in [0.2, 0.25) is 0 Å². The molecule has 0 bridgehead atoms. The van der Waals surface area contributed by atoms with Crippen molar-refractivity contribution in [3.63, 3.8) is 0 Å². The maximum absolute atomic E-state index is 9.97. The van der Waals surface area contributed by atoms with Gasteiger partial charge in [-0.25, -0.2) is 0 Å². The summed E-state index contributed by atoms with van der Waals surface area (Å²) in [6.45, 7) is 0.317. The van der Waals surface area contributed by atoms with Gasteiger partial charge in [0.1, 0.15) is 0 Å². The van der Waals surface area contributed by atoms with E-state index in [2.05, 4.69) is 37.9 Å². The molecule has 0 aliphatic rings. The quantitative estimate of drug-likeness (QED) is 0.228. The van der Waals surface area contributed by atoms with Crippen molar-refractivity contribution >= 4 is 73.2 Å². The zero-order valence-electron chi connectivity index (χ0n) is 12.7. The molecule has 1 N–H and O–H groups in total. The third-order valence-corrected chi connectivity index (χ3v) is 7.91. The van der Waals surface area contributed by atoms with E-state index in [1.54, 1.807) is 0 Å². The Labute approximate surface area is 160 Å². The SMILES string of the molecule is OCC(CCSCCS)(CCSCCS)CCSCCS. The third-order valence-electron chi connectivity index (χ3n) is 3.37. The topological polar surface area (TPSA) is 20.2 Å². The Morgan fingerprint density at radius 3 is 1.19 bits per heavy atom. The van der Waals surface area contributed by atoms with Gasteiger partial charge in [0.2, 0.25) is 0 Å². The molecule has 7 heteroatoms. The number of aliphatic hydroxyl groups excluding tert-OH is 1. The molecule has 0 heterocycles. The van der Waals surface area contributed by atoms with Crippen molar-refractivity contribution in [2.75, 3.05) is 58.4 Å². The molecule has 21 heavy (non-hydrogen) atoms. The maximum Gasteiger partial charge on any atom is 0.0488 e. The zero-order valence-corrected chi connectivity index (χ0v) is 17.8. The average molecular weight is 407 g/mol. The summed E-state index contributed by atoms with van der Waals surface area (Å²) in [7, 11) is 0. The first-order chi connectivity index (χ1) is 10.2. The van der Waals surface area contributed by atoms with E-state index in [0.29, 0.717) is 6.61 Å². The Hall–Kier alpha value is 2.06. The van der Waals surface area contributed by atoms with Crippen LogP contribution in [0.15, 0.2) is 0 Å². The molecular weight excluding hydrogens is 377 g/mol. The van der Waals surface area contributed by atoms with E-state index in [1.807, 2.05) is 35.3 Å². The summed E-state index contributed by atoms with van der Waals surface area (Å²) in [6.07, 6.45) is 3.35. The molecule has 128 valence electrons. The molecule has 0 atom stereocenters. The monoisotopic (exact) mass is 406 g/mol. The van der Waals surface area contributed by atoms with Gasteiger partial charge in [0.05, 0.1) is 0 Å². The first kappa shape index (κ1) is 23.1. The molecule has 0 aromatic rings. The lowest BCUT2D eigenvalue weighted by atomic mass is 9.80. The van der Waals surface area contributed by atoms with Crippen molar-refractivity contribution in [1.82, 2.24) is 0 Å². The van der Waals surface area contributed by atoms with Crippen LogP contribution in [0.3, 0.4) is 0 Å². The molecule has 0 aliphatic heterocycles. The van der Waals surface area contributed by atoms with Crippen molar-refractivity contribution in [2.24, 2.45) is 5.41 Å². The molecule has 0 saturated carbocycles. The van der Waals surface area contributed by atoms with Gasteiger partial charge in [-0.15, -0.1) is 0 Å². The summed E-state index contributed by atoms with van der Waals surface area (Å²) in [6, 6.07) is 0. The summed E-state index contributed by atoms with van der Waals surface area (Å²) in [5.74, 6) is 9.53. The molecule has 0 unspecified atom stereocenters. The minimum absolute atomic E-state index is 0.108. The van der Waals surface area contributed by atoms with E-state index in [0.717, 1.165) is 71.0 Å². The van der Waals surface area contributed by atoms with Crippen molar-refractivity contribution in [3.8, 4) is 0 Å². The van der Waals surface area contributed by atoms with Gasteiger partial charge in [-0.05, 0) is 59.2 Å². The van der Waals surface area contributed by atoms with Gasteiger partial charge >= 0.3 is 0 Å². The minimum atomic E-state index is 0.108. The average Bonchev–Trinajstić information content (AvgIpc) is 2.51. The summed E-state index contributed by atoms with van der Waals surface area (Å²) >= 11 is 18.6. The normalized spacial score (nSPS) is 12.0. The molecular formula is C14H30OS6. The van der Waals surface area contributed by atoms with E-state index in [9.17, 15) is 5.11 Å². The number of thioether (sulfide) groups is 3. The first-order valence-electron chi connectivity index (χ1n) is 7.41. The third kappa shape index (κ3) is 13.1. The summed E-state index contributed by atoms with van der Waals surface area (Å²) in [4.78, 5) is 0. The molecule has 0 saturated heterocycles. The Kier molecular flexibility index (Phi) is 18.6. The van der Waals surface area contributed by atoms with Crippen molar-refractivity contribution in [2.45, 2.75) is 19.3 Å². The second-order valence-electron chi connectivity index (χ2n) is 4.92. The summed E-state index contributed by atoms with van der Waals surface area (Å²) < 4.78 is 0. The lowest BCUT2D eigenvalue weighted by molar-refractivity contribution is 0.114. The molecule has 1 nitrogen and oxygen atoms in total. The fourth-order valence-corrected chi connectivity index (χ4v) is 5.87. The molecule has 0 fully saturated rings. The lowest BCUT2D eigenvalue weighted by Gasteiger charge is -2.32. The Bertz CT molecular complexity index is 186. The van der Waals surface area contributed by atoms with E-state index in [-0.39, 0.29) is 5.41 Å². The zero-order chi connectivity index (χ0) is 15.8. The lowest BCUT2D eigenvalue weighted by Crippen LogP contribution is -2.28. The second-order valence-corrected chi connectivity index (χ2v) is 9.93. The van der Waals surface area contributed by atoms with Gasteiger partial charge in [-0.1, -0.05) is 0 Å². The van der Waals surface area contributed by atoms with Crippen molar-refractivity contribution < 1.29 is 5.11 Å². The van der Waals surface area contributed by atoms with Crippen LogP contribution in [-0.4, -0.2) is 63.5 Å². The van der Waals surface area contributed by atoms with Crippen LogP contribution < -0.4 is 0 Å². The number of aliphatic hydroxyl groups is 1. The molecule has 0 amide bonds. The van der Waals surface area contributed by atoms with Crippen LogP contribution in [0.5, 0.6) is 0 Å². The number of hydrogen-bond donors (Lipinski definition) is 4. The standard InChI is InChI=1S/C14H30OS6/c15-13-14(1-7-19-10-4-16,2-8-20-11-5-17)3-9-21-12-6-18/h15-18H,1-13H2. The highest BCUT2D eigenvalue weighted by Gasteiger charge is 2.28. The van der Waals surface area contributed by atoms with E-state index in [4.69, 9.17) is 0 Å². The second kappa shape index (κ2) is 16.9. The van der Waals surface area contributed by atoms with Gasteiger partial charge in [-0.2, -0.15) is 73.2 Å². The smallest absolute Gasteiger partial charge is 0.0488 e. The highest BCUT2D eigenvalue weighted by molar-refractivity contribution is 8.00. The van der Waals surface area contributed by atoms with Crippen LogP contribution in [0, 0.1) is 5.41 Å². The summed E-state index contributed by atoms with van der Waals surface area (Å²) in [5, 5.41) is 9.97. The van der Waals surface area contributed by atoms with Gasteiger partial charge in [0, 0.05) is 23.9 Å². The Morgan fingerprint density at radius 2 is 0.952 bits per heavy atom.